The van der Waals surface area contributed by atoms with Crippen molar-refractivity contribution in [2.75, 3.05) is 6.54 Å². The Morgan fingerprint density at radius 1 is 1.53 bits per heavy atom. The maximum absolute atomic E-state index is 4.45. The molecule has 0 aromatic carbocycles. The van der Waals surface area contributed by atoms with Crippen molar-refractivity contribution in [3.63, 3.8) is 0 Å². The average molecular weight is 204 g/mol. The van der Waals surface area contributed by atoms with Gasteiger partial charge in [0.2, 0.25) is 0 Å². The number of nitrogens with one attached hydrogen (secondary N) is 1. The van der Waals surface area contributed by atoms with Gasteiger partial charge in [0.15, 0.2) is 0 Å². The van der Waals surface area contributed by atoms with Gasteiger partial charge in [-0.3, -0.25) is 4.98 Å². The molecule has 0 spiro atoms. The van der Waals surface area contributed by atoms with Crippen LogP contribution in [0.1, 0.15) is 43.9 Å². The second-order valence-electron chi connectivity index (χ2n) is 4.73. The van der Waals surface area contributed by atoms with E-state index in [2.05, 4.69) is 36.3 Å². The van der Waals surface area contributed by atoms with Crippen LogP contribution >= 0.6 is 0 Å². The Morgan fingerprint density at radius 2 is 2.40 bits per heavy atom. The Balaban J connectivity index is 2.04. The Morgan fingerprint density at radius 3 is 3.07 bits per heavy atom. The first-order chi connectivity index (χ1) is 7.25. The van der Waals surface area contributed by atoms with E-state index in [1.807, 2.05) is 6.20 Å². The van der Waals surface area contributed by atoms with Gasteiger partial charge < -0.3 is 5.32 Å². The van der Waals surface area contributed by atoms with Crippen molar-refractivity contribution in [2.24, 2.45) is 0 Å². The van der Waals surface area contributed by atoms with E-state index in [4.69, 9.17) is 0 Å². The van der Waals surface area contributed by atoms with Crippen LogP contribution in [0.4, 0.5) is 0 Å². The monoisotopic (exact) mass is 204 g/mol. The normalized spacial score (nSPS) is 21.1. The smallest absolute Gasteiger partial charge is 0.0421 e. The van der Waals surface area contributed by atoms with Gasteiger partial charge in [-0.15, -0.1) is 0 Å². The Hall–Kier alpha value is -0.890. The summed E-state index contributed by atoms with van der Waals surface area (Å²) in [6, 6.07) is 5.03. The van der Waals surface area contributed by atoms with Crippen LogP contribution in [0.15, 0.2) is 18.3 Å². The van der Waals surface area contributed by atoms with Crippen LogP contribution in [0.3, 0.4) is 0 Å². The number of pyridine rings is 1. The van der Waals surface area contributed by atoms with Crippen molar-refractivity contribution >= 4 is 0 Å². The molecule has 1 saturated heterocycles. The molecule has 0 saturated carbocycles. The molecular weight excluding hydrogens is 184 g/mol. The topological polar surface area (TPSA) is 24.9 Å². The van der Waals surface area contributed by atoms with E-state index in [0.29, 0.717) is 12.0 Å². The summed E-state index contributed by atoms with van der Waals surface area (Å²) in [5.74, 6) is 0.600. The van der Waals surface area contributed by atoms with Gasteiger partial charge >= 0.3 is 0 Å². The quantitative estimate of drug-likeness (QED) is 0.818. The highest BCUT2D eigenvalue weighted by molar-refractivity contribution is 5.20. The predicted octanol–water partition coefficient (Wildman–Crippen LogP) is 2.50. The molecule has 2 rings (SSSR count). The van der Waals surface area contributed by atoms with Crippen molar-refractivity contribution in [1.82, 2.24) is 10.3 Å². The van der Waals surface area contributed by atoms with Crippen LogP contribution in [-0.2, 0) is 6.42 Å². The Bertz CT molecular complexity index is 314. The van der Waals surface area contributed by atoms with Gasteiger partial charge in [0.05, 0.1) is 0 Å². The highest BCUT2D eigenvalue weighted by Gasteiger charge is 2.15. The third-order valence-corrected chi connectivity index (χ3v) is 3.13. The first-order valence-electron chi connectivity index (χ1n) is 5.94. The molecule has 1 aliphatic rings. The molecule has 1 aromatic heterocycles. The molecule has 82 valence electrons. The molecule has 1 aliphatic heterocycles. The van der Waals surface area contributed by atoms with Crippen LogP contribution in [0.2, 0.25) is 0 Å². The van der Waals surface area contributed by atoms with Gasteiger partial charge in [0, 0.05) is 24.4 Å². The van der Waals surface area contributed by atoms with Crippen molar-refractivity contribution in [1.29, 1.82) is 0 Å². The van der Waals surface area contributed by atoms with E-state index in [0.717, 1.165) is 6.42 Å². The van der Waals surface area contributed by atoms with Crippen molar-refractivity contribution < 1.29 is 0 Å². The van der Waals surface area contributed by atoms with E-state index in [1.54, 1.807) is 0 Å². The lowest BCUT2D eigenvalue weighted by molar-refractivity contribution is 0.594. The molecule has 0 amide bonds. The molecule has 2 heteroatoms. The largest absolute Gasteiger partial charge is 0.314 e. The van der Waals surface area contributed by atoms with E-state index >= 15 is 0 Å². The van der Waals surface area contributed by atoms with Gasteiger partial charge in [0.1, 0.15) is 0 Å². The van der Waals surface area contributed by atoms with E-state index in [9.17, 15) is 0 Å². The first-order valence-corrected chi connectivity index (χ1v) is 5.94. The van der Waals surface area contributed by atoms with Crippen LogP contribution in [0, 0.1) is 0 Å². The predicted molar refractivity (Wildman–Crippen MR) is 63.1 cm³/mol. The fourth-order valence-corrected chi connectivity index (χ4v) is 2.15. The summed E-state index contributed by atoms with van der Waals surface area (Å²) >= 11 is 0. The number of rotatable bonds is 3. The molecule has 15 heavy (non-hydrogen) atoms. The van der Waals surface area contributed by atoms with Gasteiger partial charge in [-0.2, -0.15) is 0 Å². The van der Waals surface area contributed by atoms with Crippen LogP contribution in [0.5, 0.6) is 0 Å². The second kappa shape index (κ2) is 4.75. The molecule has 1 N–H and O–H groups in total. The molecule has 2 heterocycles. The van der Waals surface area contributed by atoms with Crippen molar-refractivity contribution in [3.8, 4) is 0 Å². The van der Waals surface area contributed by atoms with Gasteiger partial charge in [-0.05, 0) is 43.0 Å². The standard InChI is InChI=1S/C13H20N2/c1-10(2)11-5-7-15-13(8-11)9-12-4-3-6-14-12/h5,7-8,10,12,14H,3-4,6,9H2,1-2H3. The van der Waals surface area contributed by atoms with Crippen LogP contribution in [0.25, 0.3) is 0 Å². The maximum Gasteiger partial charge on any atom is 0.0421 e. The third-order valence-electron chi connectivity index (χ3n) is 3.13. The summed E-state index contributed by atoms with van der Waals surface area (Å²) in [6.07, 6.45) is 5.64. The molecule has 2 nitrogen and oxygen atoms in total. The molecular formula is C13H20N2. The molecule has 1 aromatic rings. The summed E-state index contributed by atoms with van der Waals surface area (Å²) in [4.78, 5) is 4.45. The zero-order valence-corrected chi connectivity index (χ0v) is 9.66. The number of hydrogen-bond acceptors (Lipinski definition) is 2. The lowest BCUT2D eigenvalue weighted by Gasteiger charge is -2.11. The van der Waals surface area contributed by atoms with E-state index in [-0.39, 0.29) is 0 Å². The van der Waals surface area contributed by atoms with Gasteiger partial charge in [-0.25, -0.2) is 0 Å². The van der Waals surface area contributed by atoms with Crippen LogP contribution in [-0.4, -0.2) is 17.6 Å². The molecule has 0 radical (unpaired) electrons. The minimum absolute atomic E-state index is 0.600. The summed E-state index contributed by atoms with van der Waals surface area (Å²) in [5.41, 5.74) is 2.64. The van der Waals surface area contributed by atoms with E-state index in [1.165, 1.54) is 30.6 Å². The minimum atomic E-state index is 0.600. The molecule has 0 bridgehead atoms. The van der Waals surface area contributed by atoms with Gasteiger partial charge in [-0.1, -0.05) is 13.8 Å². The maximum atomic E-state index is 4.45. The summed E-state index contributed by atoms with van der Waals surface area (Å²) in [6.45, 7) is 5.63. The zero-order chi connectivity index (χ0) is 10.7. The molecule has 1 atom stereocenters. The second-order valence-corrected chi connectivity index (χ2v) is 4.73. The zero-order valence-electron chi connectivity index (χ0n) is 9.66. The van der Waals surface area contributed by atoms with Crippen molar-refractivity contribution in [3.05, 3.63) is 29.6 Å². The summed E-state index contributed by atoms with van der Waals surface area (Å²) in [5, 5.41) is 3.51. The summed E-state index contributed by atoms with van der Waals surface area (Å²) in [7, 11) is 0. The number of hydrogen-bond donors (Lipinski definition) is 1. The molecule has 0 aliphatic carbocycles. The molecule has 1 unspecified atom stereocenters. The highest BCUT2D eigenvalue weighted by atomic mass is 14.9. The lowest BCUT2D eigenvalue weighted by atomic mass is 10.0. The Kier molecular flexibility index (Phi) is 3.37. The third kappa shape index (κ3) is 2.78. The Labute approximate surface area is 92.1 Å². The lowest BCUT2D eigenvalue weighted by Crippen LogP contribution is -2.24. The number of aromatic nitrogens is 1. The highest BCUT2D eigenvalue weighted by Crippen LogP contribution is 2.16. The van der Waals surface area contributed by atoms with E-state index < -0.39 is 0 Å². The summed E-state index contributed by atoms with van der Waals surface area (Å²) < 4.78 is 0. The fourth-order valence-electron chi connectivity index (χ4n) is 2.15. The average Bonchev–Trinajstić information content (AvgIpc) is 2.71. The fraction of sp³-hybridized carbons (Fsp3) is 0.615. The molecule has 1 fully saturated rings. The first kappa shape index (κ1) is 10.6. The van der Waals surface area contributed by atoms with Crippen LogP contribution < -0.4 is 5.32 Å². The number of nitrogens with zero attached hydrogens (tertiary/aromatic N) is 1. The van der Waals surface area contributed by atoms with Gasteiger partial charge in [0.25, 0.3) is 0 Å². The minimum Gasteiger partial charge on any atom is -0.314 e. The van der Waals surface area contributed by atoms with Crippen molar-refractivity contribution in [2.45, 2.75) is 45.1 Å². The SMILES string of the molecule is CC(C)c1ccnc(CC2CCCN2)c1.